The van der Waals surface area contributed by atoms with Gasteiger partial charge >= 0.3 is 6.01 Å². The van der Waals surface area contributed by atoms with Gasteiger partial charge in [0.05, 0.1) is 26.9 Å². The van der Waals surface area contributed by atoms with Gasteiger partial charge in [-0.15, -0.1) is 0 Å². The Labute approximate surface area is 158 Å². The van der Waals surface area contributed by atoms with Crippen LogP contribution in [0.5, 0.6) is 23.4 Å². The van der Waals surface area contributed by atoms with E-state index in [0.717, 1.165) is 12.8 Å². The third-order valence-corrected chi connectivity index (χ3v) is 4.45. The monoisotopic (exact) mass is 373 g/mol. The van der Waals surface area contributed by atoms with E-state index in [-0.39, 0.29) is 18.0 Å². The van der Waals surface area contributed by atoms with Gasteiger partial charge in [-0.2, -0.15) is 4.98 Å². The molecule has 1 aromatic heterocycles. The molecule has 1 saturated heterocycles. The second-order valence-electron chi connectivity index (χ2n) is 6.06. The summed E-state index contributed by atoms with van der Waals surface area (Å²) in [7, 11) is 4.63. The van der Waals surface area contributed by atoms with E-state index in [2.05, 4.69) is 9.97 Å². The number of benzene rings is 1. The fourth-order valence-electron chi connectivity index (χ4n) is 2.98. The van der Waals surface area contributed by atoms with Crippen LogP contribution in [0.4, 0.5) is 0 Å². The summed E-state index contributed by atoms with van der Waals surface area (Å²) in [5.41, 5.74) is 0.526. The normalized spacial score (nSPS) is 14.6. The maximum Gasteiger partial charge on any atom is 0.319 e. The third kappa shape index (κ3) is 4.39. The van der Waals surface area contributed by atoms with E-state index in [1.165, 1.54) is 7.11 Å². The topological polar surface area (TPSA) is 83.0 Å². The first kappa shape index (κ1) is 18.8. The van der Waals surface area contributed by atoms with Crippen LogP contribution in [-0.2, 0) is 0 Å². The Morgan fingerprint density at radius 1 is 1.07 bits per heavy atom. The fourth-order valence-corrected chi connectivity index (χ4v) is 2.98. The molecule has 0 N–H and O–H groups in total. The molecule has 8 nitrogen and oxygen atoms in total. The lowest BCUT2D eigenvalue weighted by Crippen LogP contribution is -2.42. The van der Waals surface area contributed by atoms with Crippen molar-refractivity contribution in [3.63, 3.8) is 0 Å². The van der Waals surface area contributed by atoms with Crippen LogP contribution in [0.1, 0.15) is 23.2 Å². The summed E-state index contributed by atoms with van der Waals surface area (Å²) in [6.07, 6.45) is 3.02. The molecule has 27 heavy (non-hydrogen) atoms. The summed E-state index contributed by atoms with van der Waals surface area (Å²) in [4.78, 5) is 22.8. The first-order valence-electron chi connectivity index (χ1n) is 8.69. The number of methoxy groups -OCH3 is 3. The summed E-state index contributed by atoms with van der Waals surface area (Å²) in [5.74, 6) is 1.57. The molecule has 0 radical (unpaired) electrons. The van der Waals surface area contributed by atoms with Crippen molar-refractivity contribution < 1.29 is 23.7 Å². The van der Waals surface area contributed by atoms with Gasteiger partial charge in [0.15, 0.2) is 0 Å². The van der Waals surface area contributed by atoms with Crippen molar-refractivity contribution in [1.29, 1.82) is 0 Å². The number of piperidine rings is 1. The third-order valence-electron chi connectivity index (χ3n) is 4.45. The van der Waals surface area contributed by atoms with Gasteiger partial charge in [0.25, 0.3) is 5.91 Å². The Bertz CT molecular complexity index is 791. The van der Waals surface area contributed by atoms with Crippen molar-refractivity contribution >= 4 is 5.91 Å². The molecule has 144 valence electrons. The van der Waals surface area contributed by atoms with Gasteiger partial charge in [0, 0.05) is 44.3 Å². The highest BCUT2D eigenvalue weighted by molar-refractivity contribution is 5.97. The van der Waals surface area contributed by atoms with Crippen LogP contribution in [0.2, 0.25) is 0 Å². The molecule has 3 rings (SSSR count). The van der Waals surface area contributed by atoms with Crippen molar-refractivity contribution in [2.24, 2.45) is 0 Å². The van der Waals surface area contributed by atoms with Crippen LogP contribution in [0.15, 0.2) is 30.5 Å². The maximum atomic E-state index is 12.9. The van der Waals surface area contributed by atoms with Gasteiger partial charge in [-0.25, -0.2) is 4.98 Å². The highest BCUT2D eigenvalue weighted by Crippen LogP contribution is 2.27. The highest BCUT2D eigenvalue weighted by Gasteiger charge is 2.27. The summed E-state index contributed by atoms with van der Waals surface area (Å²) in [5, 5.41) is 0. The van der Waals surface area contributed by atoms with E-state index < -0.39 is 0 Å². The molecule has 8 heteroatoms. The smallest absolute Gasteiger partial charge is 0.319 e. The molecule has 0 saturated carbocycles. The number of nitrogens with zero attached hydrogens (tertiary/aromatic N) is 3. The Morgan fingerprint density at radius 3 is 2.52 bits per heavy atom. The Hall–Kier alpha value is -3.03. The van der Waals surface area contributed by atoms with Crippen LogP contribution >= 0.6 is 0 Å². The molecule has 0 aliphatic carbocycles. The number of hydrogen-bond donors (Lipinski definition) is 0. The molecule has 1 amide bonds. The van der Waals surface area contributed by atoms with Gasteiger partial charge in [-0.05, 0) is 12.1 Å². The fraction of sp³-hybridized carbons (Fsp3) is 0.421. The largest absolute Gasteiger partial charge is 0.497 e. The van der Waals surface area contributed by atoms with Gasteiger partial charge in [0.1, 0.15) is 17.6 Å². The molecule has 1 aromatic carbocycles. The van der Waals surface area contributed by atoms with Crippen LogP contribution in [0.3, 0.4) is 0 Å². The Balaban J connectivity index is 1.61. The summed E-state index contributed by atoms with van der Waals surface area (Å²) < 4.78 is 21.4. The lowest BCUT2D eigenvalue weighted by atomic mass is 10.1. The minimum atomic E-state index is -0.0586. The molecule has 1 fully saturated rings. The van der Waals surface area contributed by atoms with Crippen LogP contribution < -0.4 is 18.9 Å². The van der Waals surface area contributed by atoms with E-state index in [4.69, 9.17) is 18.9 Å². The Kier molecular flexibility index (Phi) is 5.95. The summed E-state index contributed by atoms with van der Waals surface area (Å²) in [6, 6.07) is 7.17. The first-order chi connectivity index (χ1) is 13.1. The van der Waals surface area contributed by atoms with E-state index >= 15 is 0 Å². The van der Waals surface area contributed by atoms with Crippen molar-refractivity contribution in [2.75, 3.05) is 34.4 Å². The molecule has 1 aliphatic heterocycles. The summed E-state index contributed by atoms with van der Waals surface area (Å²) in [6.45, 7) is 1.20. The van der Waals surface area contributed by atoms with Gasteiger partial charge in [-0.3, -0.25) is 4.79 Å². The first-order valence-corrected chi connectivity index (χ1v) is 8.69. The maximum absolute atomic E-state index is 12.9. The van der Waals surface area contributed by atoms with Crippen molar-refractivity contribution in [2.45, 2.75) is 18.9 Å². The molecule has 0 unspecified atom stereocenters. The minimum Gasteiger partial charge on any atom is -0.497 e. The standard InChI is InChI=1S/C19H23N3O5/c1-24-14-4-5-15(16(12-14)25-2)18(23)22-10-7-13(8-11-22)27-17-6-9-20-19(21-17)26-3/h4-6,9,12-13H,7-8,10-11H2,1-3H3. The zero-order valence-electron chi connectivity index (χ0n) is 15.7. The number of hydrogen-bond acceptors (Lipinski definition) is 7. The molecular weight excluding hydrogens is 350 g/mol. The van der Waals surface area contributed by atoms with E-state index in [1.807, 2.05) is 4.90 Å². The van der Waals surface area contributed by atoms with E-state index in [1.54, 1.807) is 44.7 Å². The average Bonchev–Trinajstić information content (AvgIpc) is 2.73. The number of aromatic nitrogens is 2. The van der Waals surface area contributed by atoms with Crippen LogP contribution in [0, 0.1) is 0 Å². The molecule has 2 heterocycles. The van der Waals surface area contributed by atoms with Gasteiger partial charge in [-0.1, -0.05) is 0 Å². The van der Waals surface area contributed by atoms with E-state index in [9.17, 15) is 4.79 Å². The highest BCUT2D eigenvalue weighted by atomic mass is 16.5. The Morgan fingerprint density at radius 2 is 1.85 bits per heavy atom. The lowest BCUT2D eigenvalue weighted by Gasteiger charge is -2.32. The zero-order valence-corrected chi connectivity index (χ0v) is 15.7. The van der Waals surface area contributed by atoms with E-state index in [0.29, 0.717) is 36.0 Å². The number of rotatable bonds is 6. The predicted octanol–water partition coefficient (Wildman–Crippen LogP) is 2.19. The molecule has 0 atom stereocenters. The van der Waals surface area contributed by atoms with Crippen LogP contribution in [-0.4, -0.2) is 61.3 Å². The van der Waals surface area contributed by atoms with Crippen molar-refractivity contribution in [1.82, 2.24) is 14.9 Å². The molecule has 1 aliphatic rings. The summed E-state index contributed by atoms with van der Waals surface area (Å²) >= 11 is 0. The number of carbonyl (C=O) groups excluding carboxylic acids is 1. The second-order valence-corrected chi connectivity index (χ2v) is 6.06. The number of likely N-dealkylation sites (tertiary alicyclic amines) is 1. The molecular formula is C19H23N3O5. The SMILES string of the molecule is COc1ccc(C(=O)N2CCC(Oc3ccnc(OC)n3)CC2)c(OC)c1. The number of amides is 1. The van der Waals surface area contributed by atoms with Gasteiger partial charge in [0.2, 0.25) is 5.88 Å². The van der Waals surface area contributed by atoms with Crippen LogP contribution in [0.25, 0.3) is 0 Å². The molecule has 0 bridgehead atoms. The molecule has 0 spiro atoms. The second kappa shape index (κ2) is 8.57. The predicted molar refractivity (Wildman–Crippen MR) is 97.7 cm³/mol. The average molecular weight is 373 g/mol. The van der Waals surface area contributed by atoms with Crippen molar-refractivity contribution in [3.05, 3.63) is 36.0 Å². The van der Waals surface area contributed by atoms with Gasteiger partial charge < -0.3 is 23.8 Å². The zero-order chi connectivity index (χ0) is 19.2. The van der Waals surface area contributed by atoms with Crippen molar-refractivity contribution in [3.8, 4) is 23.4 Å². The number of ether oxygens (including phenoxy) is 4. The quantitative estimate of drug-likeness (QED) is 0.767. The number of carbonyl (C=O) groups is 1. The minimum absolute atomic E-state index is 0.00795. The lowest BCUT2D eigenvalue weighted by molar-refractivity contribution is 0.0583. The molecule has 2 aromatic rings.